The second kappa shape index (κ2) is 5.51. The van der Waals surface area contributed by atoms with Gasteiger partial charge in [-0.05, 0) is 42.2 Å². The molecule has 0 radical (unpaired) electrons. The fraction of sp³-hybridized carbons (Fsp3) is 0.579. The molecule has 1 aliphatic carbocycles. The topological polar surface area (TPSA) is 46.3 Å². The Hall–Kier alpha value is -1.49. The highest BCUT2D eigenvalue weighted by Crippen LogP contribution is 2.52. The molecule has 4 rings (SSSR count). The summed E-state index contributed by atoms with van der Waals surface area (Å²) < 4.78 is 5.70. The summed E-state index contributed by atoms with van der Waals surface area (Å²) in [4.78, 5) is 19.3. The summed E-state index contributed by atoms with van der Waals surface area (Å²) in [5.74, 6) is 0.619. The largest absolute Gasteiger partial charge is 0.431 e. The molecule has 2 heterocycles. The molecule has 0 N–H and O–H groups in total. The Kier molecular flexibility index (Phi) is 3.68. The van der Waals surface area contributed by atoms with Crippen molar-refractivity contribution in [2.75, 3.05) is 12.3 Å². The number of amides is 1. The molecular weight excluding hydrogens is 320 g/mol. The van der Waals surface area contributed by atoms with E-state index in [1.807, 2.05) is 24.3 Å². The molecule has 1 aromatic carbocycles. The van der Waals surface area contributed by atoms with Crippen molar-refractivity contribution in [1.29, 1.82) is 0 Å². The number of nitrogens with zero attached hydrogens (tertiary/aromatic N) is 2. The minimum absolute atomic E-state index is 0.216. The van der Waals surface area contributed by atoms with E-state index in [9.17, 15) is 4.79 Å². The van der Waals surface area contributed by atoms with E-state index >= 15 is 0 Å². The molecular formula is C19H24N2O2S. The van der Waals surface area contributed by atoms with Crippen molar-refractivity contribution >= 4 is 28.8 Å². The maximum Gasteiger partial charge on any atom is 0.257 e. The first-order valence-electron chi connectivity index (χ1n) is 8.62. The maximum absolute atomic E-state index is 12.8. The van der Waals surface area contributed by atoms with E-state index in [0.717, 1.165) is 30.5 Å². The molecule has 0 unspecified atom stereocenters. The number of benzene rings is 1. The summed E-state index contributed by atoms with van der Waals surface area (Å²) in [5.41, 5.74) is 2.24. The van der Waals surface area contributed by atoms with Gasteiger partial charge < -0.3 is 9.32 Å². The van der Waals surface area contributed by atoms with Gasteiger partial charge in [-0.25, -0.2) is 4.98 Å². The molecule has 1 aromatic heterocycles. The molecule has 5 heteroatoms. The van der Waals surface area contributed by atoms with Crippen molar-refractivity contribution in [3.05, 3.63) is 24.3 Å². The molecule has 2 atom stereocenters. The summed E-state index contributed by atoms with van der Waals surface area (Å²) in [5, 5.41) is 0.582. The lowest BCUT2D eigenvalue weighted by Crippen LogP contribution is -2.38. The lowest BCUT2D eigenvalue weighted by molar-refractivity contribution is -0.129. The highest BCUT2D eigenvalue weighted by atomic mass is 32.2. The SMILES string of the molecule is CC1(C)C[C@@H]2C[C@](C)(CN2C(=O)CSc2nc3ccccc3o2)C1. The minimum atomic E-state index is 0.216. The van der Waals surface area contributed by atoms with Gasteiger partial charge in [0.15, 0.2) is 5.58 Å². The highest BCUT2D eigenvalue weighted by molar-refractivity contribution is 7.99. The number of fused-ring (bicyclic) bond motifs is 3. The number of hydrogen-bond donors (Lipinski definition) is 0. The molecule has 2 aromatic rings. The number of para-hydroxylation sites is 2. The van der Waals surface area contributed by atoms with Crippen LogP contribution in [0.15, 0.2) is 33.9 Å². The second-order valence-corrected chi connectivity index (χ2v) is 9.40. The Morgan fingerprint density at radius 1 is 1.33 bits per heavy atom. The van der Waals surface area contributed by atoms with Crippen molar-refractivity contribution in [1.82, 2.24) is 9.88 Å². The van der Waals surface area contributed by atoms with Gasteiger partial charge in [-0.1, -0.05) is 44.7 Å². The van der Waals surface area contributed by atoms with Crippen LogP contribution in [0.25, 0.3) is 11.1 Å². The predicted octanol–water partition coefficient (Wildman–Crippen LogP) is 4.35. The van der Waals surface area contributed by atoms with E-state index in [-0.39, 0.29) is 11.3 Å². The normalized spacial score (nSPS) is 28.5. The van der Waals surface area contributed by atoms with Gasteiger partial charge in [0.25, 0.3) is 5.22 Å². The molecule has 2 fully saturated rings. The van der Waals surface area contributed by atoms with E-state index in [0.29, 0.717) is 22.4 Å². The van der Waals surface area contributed by atoms with Gasteiger partial charge in [0, 0.05) is 12.6 Å². The first-order valence-corrected chi connectivity index (χ1v) is 9.60. The van der Waals surface area contributed by atoms with Crippen LogP contribution < -0.4 is 0 Å². The van der Waals surface area contributed by atoms with E-state index in [2.05, 4.69) is 30.7 Å². The van der Waals surface area contributed by atoms with Crippen molar-refractivity contribution in [3.63, 3.8) is 0 Å². The van der Waals surface area contributed by atoms with E-state index in [1.54, 1.807) is 0 Å². The van der Waals surface area contributed by atoms with Gasteiger partial charge >= 0.3 is 0 Å². The number of rotatable bonds is 3. The lowest BCUT2D eigenvalue weighted by atomic mass is 9.65. The van der Waals surface area contributed by atoms with Crippen molar-refractivity contribution in [2.24, 2.45) is 10.8 Å². The Morgan fingerprint density at radius 3 is 2.92 bits per heavy atom. The second-order valence-electron chi connectivity index (χ2n) is 8.47. The lowest BCUT2D eigenvalue weighted by Gasteiger charge is -2.39. The zero-order valence-electron chi connectivity index (χ0n) is 14.5. The summed E-state index contributed by atoms with van der Waals surface area (Å²) in [6, 6.07) is 8.10. The zero-order valence-corrected chi connectivity index (χ0v) is 15.4. The Balaban J connectivity index is 1.43. The van der Waals surface area contributed by atoms with Gasteiger partial charge in [-0.15, -0.1) is 0 Å². The van der Waals surface area contributed by atoms with Gasteiger partial charge in [0.05, 0.1) is 5.75 Å². The third kappa shape index (κ3) is 2.94. The van der Waals surface area contributed by atoms with Crippen molar-refractivity contribution in [3.8, 4) is 0 Å². The first-order chi connectivity index (χ1) is 11.3. The summed E-state index contributed by atoms with van der Waals surface area (Å²) >= 11 is 1.41. The number of thioether (sulfide) groups is 1. The zero-order chi connectivity index (χ0) is 16.9. The third-order valence-corrected chi connectivity index (χ3v) is 6.14. The Morgan fingerprint density at radius 2 is 2.12 bits per heavy atom. The highest BCUT2D eigenvalue weighted by Gasteiger charge is 2.50. The fourth-order valence-corrected chi connectivity index (χ4v) is 5.60. The van der Waals surface area contributed by atoms with Crippen LogP contribution in [0.2, 0.25) is 0 Å². The average molecular weight is 344 g/mol. The van der Waals surface area contributed by atoms with Crippen LogP contribution in [0.3, 0.4) is 0 Å². The molecule has 1 amide bonds. The third-order valence-electron chi connectivity index (χ3n) is 5.33. The van der Waals surface area contributed by atoms with Crippen LogP contribution in [0.5, 0.6) is 0 Å². The molecule has 1 saturated heterocycles. The van der Waals surface area contributed by atoms with Crippen molar-refractivity contribution in [2.45, 2.75) is 51.3 Å². The number of hydrogen-bond acceptors (Lipinski definition) is 4. The van der Waals surface area contributed by atoms with Crippen LogP contribution >= 0.6 is 11.8 Å². The summed E-state index contributed by atoms with van der Waals surface area (Å²) in [6.45, 7) is 7.90. The molecule has 2 aliphatic rings. The van der Waals surface area contributed by atoms with E-state index in [4.69, 9.17) is 4.42 Å². The van der Waals surface area contributed by atoms with Gasteiger partial charge in [-0.3, -0.25) is 4.79 Å². The molecule has 2 bridgehead atoms. The van der Waals surface area contributed by atoms with E-state index < -0.39 is 0 Å². The summed E-state index contributed by atoms with van der Waals surface area (Å²) in [6.07, 6.45) is 3.47. The van der Waals surface area contributed by atoms with Crippen molar-refractivity contribution < 1.29 is 9.21 Å². The maximum atomic E-state index is 12.8. The number of carbonyl (C=O) groups is 1. The molecule has 24 heavy (non-hydrogen) atoms. The van der Waals surface area contributed by atoms with Crippen LogP contribution in [0.4, 0.5) is 0 Å². The quantitative estimate of drug-likeness (QED) is 0.777. The fourth-order valence-electron chi connectivity index (χ4n) is 4.87. The molecule has 0 spiro atoms. The average Bonchev–Trinajstić information content (AvgIpc) is 3.01. The number of carbonyl (C=O) groups excluding carboxylic acids is 1. The molecule has 1 aliphatic heterocycles. The van der Waals surface area contributed by atoms with Crippen LogP contribution in [-0.2, 0) is 4.79 Å². The Labute approximate surface area is 147 Å². The monoisotopic (exact) mass is 344 g/mol. The Bertz CT molecular complexity index is 752. The minimum Gasteiger partial charge on any atom is -0.431 e. The van der Waals surface area contributed by atoms with E-state index in [1.165, 1.54) is 18.2 Å². The molecule has 1 saturated carbocycles. The number of aromatic nitrogens is 1. The number of oxazole rings is 1. The molecule has 4 nitrogen and oxygen atoms in total. The smallest absolute Gasteiger partial charge is 0.257 e. The predicted molar refractivity (Wildman–Crippen MR) is 96.0 cm³/mol. The van der Waals surface area contributed by atoms with Gasteiger partial charge in [0.2, 0.25) is 5.91 Å². The first kappa shape index (κ1) is 16.0. The number of likely N-dealkylation sites (tertiary alicyclic amines) is 1. The molecule has 128 valence electrons. The summed E-state index contributed by atoms with van der Waals surface area (Å²) in [7, 11) is 0. The van der Waals surface area contributed by atoms with Gasteiger partial charge in [-0.2, -0.15) is 0 Å². The standard InChI is InChI=1S/C19H24N2O2S/c1-18(2)8-13-9-19(3,11-18)12-21(13)16(22)10-24-17-20-14-6-4-5-7-15(14)23-17/h4-7,13H,8-12H2,1-3H3/t13-,19+/m1/s1. The van der Waals surface area contributed by atoms with Gasteiger partial charge in [0.1, 0.15) is 5.52 Å². The van der Waals surface area contributed by atoms with Crippen LogP contribution in [0.1, 0.15) is 40.0 Å². The van der Waals surface area contributed by atoms with Crippen LogP contribution in [0, 0.1) is 10.8 Å². The van der Waals surface area contributed by atoms with Crippen LogP contribution in [-0.4, -0.2) is 34.1 Å².